The highest BCUT2D eigenvalue weighted by atomic mass is 32.2. The molecule has 2 rings (SSSR count). The first-order valence-corrected chi connectivity index (χ1v) is 6.30. The minimum atomic E-state index is -0.110. The predicted octanol–water partition coefficient (Wildman–Crippen LogP) is 3.19. The van der Waals surface area contributed by atoms with E-state index in [0.29, 0.717) is 11.3 Å². The van der Waals surface area contributed by atoms with Gasteiger partial charge in [-0.25, -0.2) is 4.39 Å². The van der Waals surface area contributed by atoms with E-state index in [1.807, 2.05) is 12.1 Å². The third-order valence-electron chi connectivity index (χ3n) is 2.80. The van der Waals surface area contributed by atoms with Crippen molar-refractivity contribution < 1.29 is 4.39 Å². The van der Waals surface area contributed by atoms with Crippen LogP contribution in [0.25, 0.3) is 0 Å². The average Bonchev–Trinajstić information content (AvgIpc) is 2.22. The number of rotatable bonds is 2. The normalized spacial score (nSPS) is 26.5. The molecular formula is C12H16FNS. The fraction of sp³-hybridized carbons (Fsp3) is 0.500. The van der Waals surface area contributed by atoms with E-state index in [0.717, 1.165) is 24.2 Å². The van der Waals surface area contributed by atoms with Crippen LogP contribution >= 0.6 is 11.8 Å². The van der Waals surface area contributed by atoms with Gasteiger partial charge < -0.3 is 5.73 Å². The van der Waals surface area contributed by atoms with Crippen LogP contribution in [0.1, 0.15) is 25.7 Å². The summed E-state index contributed by atoms with van der Waals surface area (Å²) in [6, 6.07) is 7.29. The van der Waals surface area contributed by atoms with E-state index < -0.39 is 0 Å². The zero-order valence-corrected chi connectivity index (χ0v) is 9.47. The molecule has 1 saturated carbocycles. The molecule has 3 heteroatoms. The largest absolute Gasteiger partial charge is 0.328 e. The van der Waals surface area contributed by atoms with E-state index in [2.05, 4.69) is 0 Å². The van der Waals surface area contributed by atoms with Crippen molar-refractivity contribution in [3.8, 4) is 0 Å². The quantitative estimate of drug-likeness (QED) is 0.836. The van der Waals surface area contributed by atoms with Crippen LogP contribution in [0.15, 0.2) is 29.2 Å². The van der Waals surface area contributed by atoms with E-state index in [1.54, 1.807) is 17.8 Å². The van der Waals surface area contributed by atoms with Gasteiger partial charge in [0, 0.05) is 16.2 Å². The molecule has 2 N–H and O–H groups in total. The molecule has 2 unspecified atom stereocenters. The Morgan fingerprint density at radius 1 is 1.27 bits per heavy atom. The zero-order valence-electron chi connectivity index (χ0n) is 8.66. The number of thioether (sulfide) groups is 1. The van der Waals surface area contributed by atoms with Gasteiger partial charge in [-0.05, 0) is 31.4 Å². The molecule has 82 valence electrons. The lowest BCUT2D eigenvalue weighted by Crippen LogP contribution is -2.29. The maximum Gasteiger partial charge on any atom is 0.136 e. The van der Waals surface area contributed by atoms with Crippen LogP contribution in [-0.2, 0) is 0 Å². The van der Waals surface area contributed by atoms with Crippen LogP contribution in [0.3, 0.4) is 0 Å². The second-order valence-corrected chi connectivity index (χ2v) is 5.44. The van der Waals surface area contributed by atoms with E-state index in [4.69, 9.17) is 5.73 Å². The molecule has 1 fully saturated rings. The molecule has 0 heterocycles. The molecule has 0 radical (unpaired) electrons. The van der Waals surface area contributed by atoms with Crippen molar-refractivity contribution in [2.24, 2.45) is 5.73 Å². The second kappa shape index (κ2) is 4.99. The summed E-state index contributed by atoms with van der Waals surface area (Å²) in [5.41, 5.74) is 5.91. The molecule has 0 amide bonds. The number of hydrogen-bond acceptors (Lipinski definition) is 2. The summed E-state index contributed by atoms with van der Waals surface area (Å²) in [4.78, 5) is 0.761. The number of hydrogen-bond donors (Lipinski definition) is 1. The van der Waals surface area contributed by atoms with Crippen molar-refractivity contribution in [1.29, 1.82) is 0 Å². The monoisotopic (exact) mass is 225 g/mol. The fourth-order valence-corrected chi connectivity index (χ4v) is 3.33. The smallest absolute Gasteiger partial charge is 0.136 e. The minimum Gasteiger partial charge on any atom is -0.328 e. The highest BCUT2D eigenvalue weighted by Crippen LogP contribution is 2.34. The van der Waals surface area contributed by atoms with Crippen molar-refractivity contribution in [1.82, 2.24) is 0 Å². The molecule has 1 aromatic carbocycles. The third kappa shape index (κ3) is 2.95. The Hall–Kier alpha value is -0.540. The molecule has 0 aromatic heterocycles. The van der Waals surface area contributed by atoms with Gasteiger partial charge in [-0.1, -0.05) is 18.6 Å². The summed E-state index contributed by atoms with van der Waals surface area (Å²) >= 11 is 1.64. The number of benzene rings is 1. The third-order valence-corrected chi connectivity index (χ3v) is 4.14. The van der Waals surface area contributed by atoms with Crippen LogP contribution in [0.2, 0.25) is 0 Å². The number of nitrogens with two attached hydrogens (primary N) is 1. The lowest BCUT2D eigenvalue weighted by molar-refractivity contribution is 0.451. The van der Waals surface area contributed by atoms with Crippen molar-refractivity contribution in [2.75, 3.05) is 0 Å². The van der Waals surface area contributed by atoms with Gasteiger partial charge in [0.1, 0.15) is 5.82 Å². The van der Waals surface area contributed by atoms with Crippen LogP contribution in [-0.4, -0.2) is 11.3 Å². The molecule has 0 aliphatic heterocycles. The maximum atomic E-state index is 13.4. The Morgan fingerprint density at radius 3 is 2.80 bits per heavy atom. The van der Waals surface area contributed by atoms with E-state index in [9.17, 15) is 4.39 Å². The zero-order chi connectivity index (χ0) is 10.7. The Kier molecular flexibility index (Phi) is 3.65. The summed E-state index contributed by atoms with van der Waals surface area (Å²) < 4.78 is 13.4. The average molecular weight is 225 g/mol. The van der Waals surface area contributed by atoms with Crippen molar-refractivity contribution in [3.05, 3.63) is 30.1 Å². The molecule has 1 nitrogen and oxygen atoms in total. The van der Waals surface area contributed by atoms with Crippen LogP contribution < -0.4 is 5.73 Å². The van der Waals surface area contributed by atoms with E-state index >= 15 is 0 Å². The van der Waals surface area contributed by atoms with Gasteiger partial charge in [-0.15, -0.1) is 11.8 Å². The van der Waals surface area contributed by atoms with Crippen LogP contribution in [0, 0.1) is 5.82 Å². The highest BCUT2D eigenvalue weighted by Gasteiger charge is 2.20. The topological polar surface area (TPSA) is 26.0 Å². The fourth-order valence-electron chi connectivity index (χ4n) is 2.01. The first-order chi connectivity index (χ1) is 7.25. The van der Waals surface area contributed by atoms with E-state index in [1.165, 1.54) is 12.5 Å². The summed E-state index contributed by atoms with van der Waals surface area (Å²) in [6.45, 7) is 0. The van der Waals surface area contributed by atoms with Gasteiger partial charge in [-0.2, -0.15) is 0 Å². The SMILES string of the molecule is NC1CCCC(Sc2ccccc2F)C1. The van der Waals surface area contributed by atoms with Gasteiger partial charge >= 0.3 is 0 Å². The van der Waals surface area contributed by atoms with Crippen molar-refractivity contribution in [3.63, 3.8) is 0 Å². The summed E-state index contributed by atoms with van der Waals surface area (Å²) in [5.74, 6) is -0.110. The standard InChI is InChI=1S/C12H16FNS/c13-11-6-1-2-7-12(11)15-10-5-3-4-9(14)8-10/h1-2,6-7,9-10H,3-5,8,14H2. The first-order valence-electron chi connectivity index (χ1n) is 5.42. The van der Waals surface area contributed by atoms with Gasteiger partial charge in [0.15, 0.2) is 0 Å². The van der Waals surface area contributed by atoms with Gasteiger partial charge in [-0.3, -0.25) is 0 Å². The van der Waals surface area contributed by atoms with Gasteiger partial charge in [0.25, 0.3) is 0 Å². The Morgan fingerprint density at radius 2 is 2.07 bits per heavy atom. The lowest BCUT2D eigenvalue weighted by Gasteiger charge is -2.26. The molecule has 15 heavy (non-hydrogen) atoms. The Balaban J connectivity index is 1.99. The van der Waals surface area contributed by atoms with E-state index in [-0.39, 0.29) is 5.82 Å². The molecule has 2 atom stereocenters. The number of halogens is 1. The molecule has 1 aliphatic rings. The van der Waals surface area contributed by atoms with Gasteiger partial charge in [0.2, 0.25) is 0 Å². The molecule has 0 spiro atoms. The second-order valence-electron chi connectivity index (χ2n) is 4.10. The summed E-state index contributed by atoms with van der Waals surface area (Å²) in [5, 5.41) is 0.491. The molecule has 1 aromatic rings. The highest BCUT2D eigenvalue weighted by molar-refractivity contribution is 8.00. The predicted molar refractivity (Wildman–Crippen MR) is 62.5 cm³/mol. The van der Waals surface area contributed by atoms with Crippen molar-refractivity contribution >= 4 is 11.8 Å². The van der Waals surface area contributed by atoms with Gasteiger partial charge in [0.05, 0.1) is 0 Å². The molecule has 0 bridgehead atoms. The molecule has 1 aliphatic carbocycles. The Bertz CT molecular complexity index is 329. The molecule has 0 saturated heterocycles. The molecular weight excluding hydrogens is 209 g/mol. The van der Waals surface area contributed by atoms with Crippen LogP contribution in [0.4, 0.5) is 4.39 Å². The van der Waals surface area contributed by atoms with Crippen molar-refractivity contribution in [2.45, 2.75) is 41.9 Å². The van der Waals surface area contributed by atoms with Crippen LogP contribution in [0.5, 0.6) is 0 Å². The Labute approximate surface area is 94.2 Å². The lowest BCUT2D eigenvalue weighted by atomic mass is 9.96. The summed E-state index contributed by atoms with van der Waals surface area (Å²) in [6.07, 6.45) is 4.47. The first kappa shape index (κ1) is 11.0. The summed E-state index contributed by atoms with van der Waals surface area (Å²) in [7, 11) is 0. The minimum absolute atomic E-state index is 0.110. The maximum absolute atomic E-state index is 13.4.